The number of hydrogen-bond acceptors (Lipinski definition) is 5. The predicted octanol–water partition coefficient (Wildman–Crippen LogP) is 5.64. The molecule has 0 bridgehead atoms. The second-order valence-electron chi connectivity index (χ2n) is 7.53. The first-order valence-electron chi connectivity index (χ1n) is 10.0. The molecule has 1 aromatic heterocycles. The second kappa shape index (κ2) is 7.94. The molecule has 0 radical (unpaired) electrons. The van der Waals surface area contributed by atoms with Crippen molar-refractivity contribution in [3.8, 4) is 16.7 Å². The van der Waals surface area contributed by atoms with Crippen LogP contribution in [0.25, 0.3) is 0 Å². The number of nitrogens with zero attached hydrogens (tertiary/aromatic N) is 1. The Balaban J connectivity index is 1.22. The molecule has 2 aromatic carbocycles. The Hall–Kier alpha value is -2.37. The van der Waals surface area contributed by atoms with Crippen LogP contribution in [0.4, 0.5) is 0 Å². The quantitative estimate of drug-likeness (QED) is 0.589. The minimum absolute atomic E-state index is 0.130. The van der Waals surface area contributed by atoms with Crippen LogP contribution < -0.4 is 14.8 Å². The summed E-state index contributed by atoms with van der Waals surface area (Å²) >= 11 is 1.61. The summed E-state index contributed by atoms with van der Waals surface area (Å²) in [4.78, 5) is 5.64. The van der Waals surface area contributed by atoms with Gasteiger partial charge in [0.1, 0.15) is 17.6 Å². The van der Waals surface area contributed by atoms with Crippen LogP contribution in [-0.2, 0) is 13.0 Å². The van der Waals surface area contributed by atoms with Gasteiger partial charge >= 0.3 is 0 Å². The van der Waals surface area contributed by atoms with Crippen LogP contribution in [0.15, 0.2) is 54.7 Å². The number of ether oxygens (including phenoxy) is 2. The van der Waals surface area contributed by atoms with E-state index in [-0.39, 0.29) is 6.10 Å². The van der Waals surface area contributed by atoms with Crippen molar-refractivity contribution in [3.63, 3.8) is 0 Å². The number of fused-ring (bicyclic) bond motifs is 1. The van der Waals surface area contributed by atoms with Crippen LogP contribution in [0.3, 0.4) is 0 Å². The third-order valence-electron chi connectivity index (χ3n) is 5.56. The molecule has 2 aliphatic rings. The van der Waals surface area contributed by atoms with E-state index in [1.54, 1.807) is 11.3 Å². The van der Waals surface area contributed by atoms with Gasteiger partial charge in [-0.1, -0.05) is 48.1 Å². The van der Waals surface area contributed by atoms with Crippen LogP contribution in [-0.4, -0.2) is 11.0 Å². The molecule has 1 fully saturated rings. The smallest absolute Gasteiger partial charge is 0.278 e. The molecule has 1 N–H and O–H groups in total. The lowest BCUT2D eigenvalue weighted by molar-refractivity contribution is 0.176. The van der Waals surface area contributed by atoms with E-state index in [0.29, 0.717) is 11.2 Å². The zero-order valence-corrected chi connectivity index (χ0v) is 16.6. The summed E-state index contributed by atoms with van der Waals surface area (Å²) in [5, 5.41) is 4.27. The second-order valence-corrected chi connectivity index (χ2v) is 8.61. The maximum Gasteiger partial charge on any atom is 0.278 e. The maximum absolute atomic E-state index is 6.22. The molecule has 1 atom stereocenters. The summed E-state index contributed by atoms with van der Waals surface area (Å²) in [6.07, 6.45) is 7.95. The Labute approximate surface area is 169 Å². The fraction of sp³-hybridized carbons (Fsp3) is 0.348. The van der Waals surface area contributed by atoms with Gasteiger partial charge in [0.15, 0.2) is 0 Å². The van der Waals surface area contributed by atoms with Gasteiger partial charge in [-0.05, 0) is 55.0 Å². The molecule has 0 saturated heterocycles. The van der Waals surface area contributed by atoms with Gasteiger partial charge in [-0.2, -0.15) is 0 Å². The van der Waals surface area contributed by atoms with Crippen molar-refractivity contribution in [2.45, 2.75) is 50.8 Å². The van der Waals surface area contributed by atoms with Gasteiger partial charge in [0.25, 0.3) is 5.19 Å². The van der Waals surface area contributed by atoms with Crippen LogP contribution in [0.2, 0.25) is 0 Å². The number of thiazole rings is 1. The molecular weight excluding hydrogens is 368 g/mol. The highest BCUT2D eigenvalue weighted by atomic mass is 32.1. The SMILES string of the molecule is c1ccc(C2CCc3cc(Oc4ncc(CNC5CCC5)s4)ccc3O2)cc1. The first-order valence-corrected chi connectivity index (χ1v) is 10.9. The van der Waals surface area contributed by atoms with Crippen molar-refractivity contribution in [1.82, 2.24) is 10.3 Å². The average molecular weight is 393 g/mol. The van der Waals surface area contributed by atoms with E-state index >= 15 is 0 Å². The predicted molar refractivity (Wildman–Crippen MR) is 111 cm³/mol. The fourth-order valence-corrected chi connectivity index (χ4v) is 4.44. The van der Waals surface area contributed by atoms with E-state index in [1.165, 1.54) is 35.3 Å². The van der Waals surface area contributed by atoms with Crippen molar-refractivity contribution >= 4 is 11.3 Å². The van der Waals surface area contributed by atoms with Gasteiger partial charge in [0, 0.05) is 23.7 Å². The Bertz CT molecular complexity index is 937. The molecule has 2 heterocycles. The van der Waals surface area contributed by atoms with E-state index in [4.69, 9.17) is 9.47 Å². The number of hydrogen-bond donors (Lipinski definition) is 1. The third-order valence-corrected chi connectivity index (χ3v) is 6.43. The zero-order valence-electron chi connectivity index (χ0n) is 15.8. The van der Waals surface area contributed by atoms with Crippen molar-refractivity contribution in [2.75, 3.05) is 0 Å². The van der Waals surface area contributed by atoms with E-state index in [0.717, 1.165) is 30.9 Å². The molecule has 0 spiro atoms. The number of aromatic nitrogens is 1. The molecule has 28 heavy (non-hydrogen) atoms. The summed E-state index contributed by atoms with van der Waals surface area (Å²) in [6.45, 7) is 0.880. The molecule has 1 aliphatic carbocycles. The Morgan fingerprint density at radius 3 is 2.82 bits per heavy atom. The molecule has 0 amide bonds. The summed E-state index contributed by atoms with van der Waals surface area (Å²) in [5.74, 6) is 1.78. The Morgan fingerprint density at radius 2 is 2.00 bits per heavy atom. The zero-order chi connectivity index (χ0) is 18.8. The number of rotatable bonds is 6. The Kier molecular flexibility index (Phi) is 5.02. The highest BCUT2D eigenvalue weighted by molar-refractivity contribution is 7.13. The molecule has 3 aromatic rings. The van der Waals surface area contributed by atoms with Crippen LogP contribution in [0.1, 0.15) is 47.8 Å². The lowest BCUT2D eigenvalue weighted by Gasteiger charge is -2.26. The van der Waals surface area contributed by atoms with Gasteiger partial charge in [-0.25, -0.2) is 4.98 Å². The van der Waals surface area contributed by atoms with Gasteiger partial charge < -0.3 is 14.8 Å². The van der Waals surface area contributed by atoms with Crippen molar-refractivity contribution < 1.29 is 9.47 Å². The van der Waals surface area contributed by atoms with Gasteiger partial charge in [0.2, 0.25) is 0 Å². The van der Waals surface area contributed by atoms with Gasteiger partial charge in [0.05, 0.1) is 0 Å². The van der Waals surface area contributed by atoms with E-state index < -0.39 is 0 Å². The van der Waals surface area contributed by atoms with E-state index in [9.17, 15) is 0 Å². The van der Waals surface area contributed by atoms with E-state index in [1.807, 2.05) is 24.4 Å². The molecule has 5 heteroatoms. The summed E-state index contributed by atoms with van der Waals surface area (Å²) in [6, 6.07) is 17.2. The number of nitrogens with one attached hydrogen (secondary N) is 1. The normalized spacial score (nSPS) is 18.8. The monoisotopic (exact) mass is 392 g/mol. The first kappa shape index (κ1) is 17.7. The molecular formula is C23H24N2O2S. The highest BCUT2D eigenvalue weighted by Gasteiger charge is 2.22. The number of benzene rings is 2. The fourth-order valence-electron chi connectivity index (χ4n) is 3.71. The Morgan fingerprint density at radius 1 is 1.11 bits per heavy atom. The topological polar surface area (TPSA) is 43.4 Å². The molecule has 144 valence electrons. The lowest BCUT2D eigenvalue weighted by Crippen LogP contribution is -2.34. The standard InChI is InChI=1S/C23H24N2O2S/c1-2-5-16(6-3-1)21-11-9-17-13-19(10-12-22(17)27-21)26-23-25-15-20(28-23)14-24-18-7-4-8-18/h1-3,5-6,10,12-13,15,18,21,24H,4,7-9,11,14H2. The highest BCUT2D eigenvalue weighted by Crippen LogP contribution is 2.38. The van der Waals surface area contributed by atoms with Gasteiger partial charge in [-0.15, -0.1) is 0 Å². The summed E-state index contributed by atoms with van der Waals surface area (Å²) in [7, 11) is 0. The van der Waals surface area contributed by atoms with E-state index in [2.05, 4.69) is 40.6 Å². The average Bonchev–Trinajstić information content (AvgIpc) is 3.14. The van der Waals surface area contributed by atoms with Crippen LogP contribution >= 0.6 is 11.3 Å². The molecule has 4 nitrogen and oxygen atoms in total. The van der Waals surface area contributed by atoms with Crippen molar-refractivity contribution in [1.29, 1.82) is 0 Å². The summed E-state index contributed by atoms with van der Waals surface area (Å²) < 4.78 is 12.2. The third kappa shape index (κ3) is 3.91. The summed E-state index contributed by atoms with van der Waals surface area (Å²) in [5.41, 5.74) is 2.44. The van der Waals surface area contributed by atoms with Gasteiger partial charge in [-0.3, -0.25) is 0 Å². The first-order chi connectivity index (χ1) is 13.8. The number of aryl methyl sites for hydroxylation is 1. The van der Waals surface area contributed by atoms with Crippen molar-refractivity contribution in [3.05, 3.63) is 70.7 Å². The molecule has 5 rings (SSSR count). The lowest BCUT2D eigenvalue weighted by atomic mass is 9.93. The molecule has 1 saturated carbocycles. The maximum atomic E-state index is 6.22. The van der Waals surface area contributed by atoms with Crippen LogP contribution in [0.5, 0.6) is 16.7 Å². The minimum Gasteiger partial charge on any atom is -0.485 e. The molecule has 1 aliphatic heterocycles. The largest absolute Gasteiger partial charge is 0.485 e. The molecule has 1 unspecified atom stereocenters. The minimum atomic E-state index is 0.130. The van der Waals surface area contributed by atoms with Crippen molar-refractivity contribution in [2.24, 2.45) is 0 Å². The van der Waals surface area contributed by atoms with Crippen LogP contribution in [0, 0.1) is 0 Å².